The van der Waals surface area contributed by atoms with Crippen LogP contribution in [0.2, 0.25) is 0 Å². The Labute approximate surface area is 122 Å². The number of nitro groups is 1. The second-order valence-corrected chi connectivity index (χ2v) is 4.86. The number of hydrogen-bond acceptors (Lipinski definition) is 3. The molecule has 0 fully saturated rings. The van der Waals surface area contributed by atoms with Crippen molar-refractivity contribution in [2.45, 2.75) is 25.8 Å². The van der Waals surface area contributed by atoms with Gasteiger partial charge in [0.05, 0.1) is 11.0 Å². The van der Waals surface area contributed by atoms with Crippen molar-refractivity contribution in [3.8, 4) is 0 Å². The van der Waals surface area contributed by atoms with Crippen LogP contribution in [-0.4, -0.2) is 11.0 Å². The summed E-state index contributed by atoms with van der Waals surface area (Å²) >= 11 is 0. The smallest absolute Gasteiger partial charge is 0.295 e. The van der Waals surface area contributed by atoms with Crippen LogP contribution in [0.3, 0.4) is 0 Å². The van der Waals surface area contributed by atoms with Crippen molar-refractivity contribution >= 4 is 11.4 Å². The molecule has 1 atom stereocenters. The summed E-state index contributed by atoms with van der Waals surface area (Å²) in [6, 6.07) is 13.5. The van der Waals surface area contributed by atoms with Gasteiger partial charge in [-0.1, -0.05) is 37.3 Å². The van der Waals surface area contributed by atoms with E-state index in [2.05, 4.69) is 5.32 Å². The highest BCUT2D eigenvalue weighted by Gasteiger charge is 2.17. The minimum atomic E-state index is -0.608. The van der Waals surface area contributed by atoms with E-state index < -0.39 is 10.7 Å². The Morgan fingerprint density at radius 2 is 1.95 bits per heavy atom. The maximum atomic E-state index is 13.1. The normalized spacial score (nSPS) is 11.9. The molecule has 0 aliphatic carbocycles. The van der Waals surface area contributed by atoms with Gasteiger partial charge in [-0.15, -0.1) is 0 Å². The van der Waals surface area contributed by atoms with Crippen LogP contribution in [0.25, 0.3) is 0 Å². The average molecular weight is 288 g/mol. The third-order valence-electron chi connectivity index (χ3n) is 3.33. The minimum absolute atomic E-state index is 0.0524. The Morgan fingerprint density at radius 1 is 1.24 bits per heavy atom. The molecule has 21 heavy (non-hydrogen) atoms. The summed E-state index contributed by atoms with van der Waals surface area (Å²) in [4.78, 5) is 10.4. The van der Waals surface area contributed by atoms with Crippen LogP contribution in [0.15, 0.2) is 48.5 Å². The second-order valence-electron chi connectivity index (χ2n) is 4.86. The van der Waals surface area contributed by atoms with Crippen molar-refractivity contribution in [2.24, 2.45) is 0 Å². The molecule has 0 saturated heterocycles. The van der Waals surface area contributed by atoms with Crippen molar-refractivity contribution in [3.63, 3.8) is 0 Å². The average Bonchev–Trinajstić information content (AvgIpc) is 2.49. The Balaban J connectivity index is 2.17. The summed E-state index contributed by atoms with van der Waals surface area (Å²) in [6.07, 6.45) is 1.56. The number of rotatable bonds is 6. The Morgan fingerprint density at radius 3 is 2.57 bits per heavy atom. The first-order valence-electron chi connectivity index (χ1n) is 6.84. The van der Waals surface area contributed by atoms with Crippen molar-refractivity contribution in [1.82, 2.24) is 0 Å². The van der Waals surface area contributed by atoms with E-state index in [1.54, 1.807) is 0 Å². The highest BCUT2D eigenvalue weighted by atomic mass is 19.1. The van der Waals surface area contributed by atoms with Crippen molar-refractivity contribution in [2.75, 3.05) is 5.32 Å². The van der Waals surface area contributed by atoms with Gasteiger partial charge in [0.1, 0.15) is 11.5 Å². The quantitative estimate of drug-likeness (QED) is 0.641. The fourth-order valence-electron chi connectivity index (χ4n) is 2.19. The number of nitrogens with zero attached hydrogens (tertiary/aromatic N) is 1. The Kier molecular flexibility index (Phi) is 4.87. The van der Waals surface area contributed by atoms with E-state index in [9.17, 15) is 14.5 Å². The van der Waals surface area contributed by atoms with Gasteiger partial charge in [0.2, 0.25) is 0 Å². The lowest BCUT2D eigenvalue weighted by Gasteiger charge is -2.18. The molecule has 1 unspecified atom stereocenters. The number of anilines is 1. The summed E-state index contributed by atoms with van der Waals surface area (Å²) in [6.45, 7) is 2.01. The van der Waals surface area contributed by atoms with Crippen molar-refractivity contribution < 1.29 is 9.31 Å². The first kappa shape index (κ1) is 15.0. The van der Waals surface area contributed by atoms with Crippen LogP contribution in [0.5, 0.6) is 0 Å². The standard InChI is InChI=1S/C16H17FN2O2/c1-2-14(10-12-6-4-3-5-7-12)18-15-9-8-13(17)11-16(15)19(20)21/h3-9,11,14,18H,2,10H2,1H3. The van der Waals surface area contributed by atoms with Crippen LogP contribution in [0.1, 0.15) is 18.9 Å². The third-order valence-corrected chi connectivity index (χ3v) is 3.33. The fraction of sp³-hybridized carbons (Fsp3) is 0.250. The molecule has 0 bridgehead atoms. The van der Waals surface area contributed by atoms with E-state index >= 15 is 0 Å². The largest absolute Gasteiger partial charge is 0.376 e. The molecule has 0 amide bonds. The van der Waals surface area contributed by atoms with Gasteiger partial charge >= 0.3 is 0 Å². The molecule has 110 valence electrons. The highest BCUT2D eigenvalue weighted by molar-refractivity contribution is 5.61. The van der Waals surface area contributed by atoms with E-state index in [-0.39, 0.29) is 11.7 Å². The highest BCUT2D eigenvalue weighted by Crippen LogP contribution is 2.26. The predicted molar refractivity (Wildman–Crippen MR) is 80.9 cm³/mol. The summed E-state index contributed by atoms with van der Waals surface area (Å²) in [5, 5.41) is 14.1. The molecule has 0 saturated carbocycles. The molecule has 5 heteroatoms. The first-order valence-corrected chi connectivity index (χ1v) is 6.84. The lowest BCUT2D eigenvalue weighted by Crippen LogP contribution is -2.21. The van der Waals surface area contributed by atoms with Gasteiger partial charge in [0.25, 0.3) is 5.69 Å². The number of halogens is 1. The molecule has 0 spiro atoms. The van der Waals surface area contributed by atoms with Crippen LogP contribution >= 0.6 is 0 Å². The predicted octanol–water partition coefficient (Wildman–Crippen LogP) is 4.17. The molecule has 2 rings (SSSR count). The number of hydrogen-bond donors (Lipinski definition) is 1. The van der Waals surface area contributed by atoms with E-state index in [1.807, 2.05) is 37.3 Å². The fourth-order valence-corrected chi connectivity index (χ4v) is 2.19. The minimum Gasteiger partial charge on any atom is -0.376 e. The SMILES string of the molecule is CCC(Cc1ccccc1)Nc1ccc(F)cc1[N+](=O)[O-]. The molecule has 1 N–H and O–H groups in total. The number of nitrogens with one attached hydrogen (secondary N) is 1. The first-order chi connectivity index (χ1) is 10.1. The van der Waals surface area contributed by atoms with E-state index in [4.69, 9.17) is 0 Å². The maximum absolute atomic E-state index is 13.1. The van der Waals surface area contributed by atoms with E-state index in [0.29, 0.717) is 5.69 Å². The van der Waals surface area contributed by atoms with Crippen LogP contribution in [-0.2, 0) is 6.42 Å². The summed E-state index contributed by atoms with van der Waals surface area (Å²) < 4.78 is 13.1. The zero-order chi connectivity index (χ0) is 15.2. The third kappa shape index (κ3) is 4.02. The molecular formula is C16H17FN2O2. The van der Waals surface area contributed by atoms with E-state index in [1.165, 1.54) is 12.1 Å². The lowest BCUT2D eigenvalue weighted by molar-refractivity contribution is -0.384. The van der Waals surface area contributed by atoms with Gasteiger partial charge in [-0.3, -0.25) is 10.1 Å². The molecule has 2 aromatic carbocycles. The molecule has 0 heterocycles. The van der Waals surface area contributed by atoms with Gasteiger partial charge in [0, 0.05) is 6.04 Å². The van der Waals surface area contributed by atoms with Crippen molar-refractivity contribution in [1.29, 1.82) is 0 Å². The molecule has 0 radical (unpaired) electrons. The second kappa shape index (κ2) is 6.83. The van der Waals surface area contributed by atoms with Gasteiger partial charge in [-0.05, 0) is 30.5 Å². The van der Waals surface area contributed by atoms with Crippen LogP contribution in [0.4, 0.5) is 15.8 Å². The maximum Gasteiger partial charge on any atom is 0.295 e. The van der Waals surface area contributed by atoms with Gasteiger partial charge in [-0.25, -0.2) is 4.39 Å². The zero-order valence-electron chi connectivity index (χ0n) is 11.8. The van der Waals surface area contributed by atoms with Crippen molar-refractivity contribution in [3.05, 3.63) is 70.0 Å². The van der Waals surface area contributed by atoms with Crippen LogP contribution < -0.4 is 5.32 Å². The Hall–Kier alpha value is -2.43. The van der Waals surface area contributed by atoms with Gasteiger partial charge in [-0.2, -0.15) is 0 Å². The molecule has 0 aliphatic rings. The Bertz CT molecular complexity index is 617. The molecule has 0 aliphatic heterocycles. The molecule has 0 aromatic heterocycles. The number of nitro benzene ring substituents is 1. The van der Waals surface area contributed by atoms with Gasteiger partial charge < -0.3 is 5.32 Å². The summed E-state index contributed by atoms with van der Waals surface area (Å²) in [7, 11) is 0. The molecular weight excluding hydrogens is 271 g/mol. The number of benzene rings is 2. The van der Waals surface area contributed by atoms with E-state index in [0.717, 1.165) is 24.5 Å². The topological polar surface area (TPSA) is 55.2 Å². The lowest BCUT2D eigenvalue weighted by atomic mass is 10.0. The zero-order valence-corrected chi connectivity index (χ0v) is 11.8. The summed E-state index contributed by atoms with van der Waals surface area (Å²) in [5.41, 5.74) is 1.27. The molecule has 2 aromatic rings. The van der Waals surface area contributed by atoms with Crippen LogP contribution in [0, 0.1) is 15.9 Å². The van der Waals surface area contributed by atoms with Gasteiger partial charge in [0.15, 0.2) is 0 Å². The molecule has 4 nitrogen and oxygen atoms in total. The monoisotopic (exact) mass is 288 g/mol. The summed E-state index contributed by atoms with van der Waals surface area (Å²) in [5.74, 6) is -0.608.